The van der Waals surface area contributed by atoms with E-state index in [9.17, 15) is 4.39 Å². The fraction of sp³-hybridized carbons (Fsp3) is 0.625. The molecule has 0 saturated heterocycles. The molecule has 0 radical (unpaired) electrons. The Balaban J connectivity index is 2.34. The number of benzene rings is 1. The average Bonchev–Trinajstić information content (AvgIpc) is 2.68. The highest BCUT2D eigenvalue weighted by Crippen LogP contribution is 2.41. The fourth-order valence-electron chi connectivity index (χ4n) is 3.20. The molecule has 1 unspecified atom stereocenters. The van der Waals surface area contributed by atoms with E-state index >= 15 is 0 Å². The molecule has 0 spiro atoms. The molecular weight excluding hydrogens is 277 g/mol. The van der Waals surface area contributed by atoms with Gasteiger partial charge in [-0.1, -0.05) is 37.3 Å². The number of nitrogens with two attached hydrogens (primary N) is 1. The van der Waals surface area contributed by atoms with Crippen LogP contribution in [0.4, 0.5) is 4.39 Å². The molecule has 0 aromatic heterocycles. The van der Waals surface area contributed by atoms with E-state index in [1.54, 1.807) is 6.07 Å². The van der Waals surface area contributed by atoms with Gasteiger partial charge in [-0.3, -0.25) is 0 Å². The molecule has 1 aliphatic rings. The number of hydrogen-bond donors (Lipinski definition) is 1. The van der Waals surface area contributed by atoms with Crippen LogP contribution in [0, 0.1) is 5.82 Å². The second-order valence-corrected chi connectivity index (χ2v) is 5.96. The van der Waals surface area contributed by atoms with E-state index in [0.29, 0.717) is 17.2 Å². The lowest BCUT2D eigenvalue weighted by Gasteiger charge is -2.38. The Morgan fingerprint density at radius 1 is 1.30 bits per heavy atom. The fourth-order valence-corrected chi connectivity index (χ4v) is 3.43. The first-order valence-electron chi connectivity index (χ1n) is 7.43. The first-order valence-corrected chi connectivity index (χ1v) is 7.81. The van der Waals surface area contributed by atoms with E-state index in [1.807, 2.05) is 6.92 Å². The minimum Gasteiger partial charge on any atom is -0.373 e. The van der Waals surface area contributed by atoms with Gasteiger partial charge in [0.15, 0.2) is 0 Å². The number of rotatable bonds is 4. The van der Waals surface area contributed by atoms with Gasteiger partial charge in [0.25, 0.3) is 0 Å². The summed E-state index contributed by atoms with van der Waals surface area (Å²) < 4.78 is 19.6. The predicted molar refractivity (Wildman–Crippen MR) is 80.4 cm³/mol. The van der Waals surface area contributed by atoms with Crippen molar-refractivity contribution >= 4 is 11.6 Å². The van der Waals surface area contributed by atoms with Crippen LogP contribution in [0.15, 0.2) is 18.2 Å². The molecule has 0 amide bonds. The van der Waals surface area contributed by atoms with Crippen molar-refractivity contribution < 1.29 is 9.13 Å². The maximum absolute atomic E-state index is 13.5. The summed E-state index contributed by atoms with van der Waals surface area (Å²) in [6.07, 6.45) is 6.43. The molecule has 112 valence electrons. The van der Waals surface area contributed by atoms with Crippen LogP contribution in [-0.2, 0) is 4.74 Å². The summed E-state index contributed by atoms with van der Waals surface area (Å²) in [4.78, 5) is 0. The van der Waals surface area contributed by atoms with Gasteiger partial charge in [0, 0.05) is 11.6 Å². The topological polar surface area (TPSA) is 35.2 Å². The maximum Gasteiger partial charge on any atom is 0.123 e. The van der Waals surface area contributed by atoms with Crippen molar-refractivity contribution in [3.05, 3.63) is 34.6 Å². The molecule has 0 bridgehead atoms. The van der Waals surface area contributed by atoms with Crippen molar-refractivity contribution in [2.24, 2.45) is 5.73 Å². The molecule has 1 fully saturated rings. The Morgan fingerprint density at radius 3 is 2.55 bits per heavy atom. The van der Waals surface area contributed by atoms with E-state index in [1.165, 1.54) is 25.0 Å². The SMILES string of the molecule is CCOC1(C(N)c2cc(F)ccc2Cl)CCCCCC1. The molecule has 1 aromatic carbocycles. The van der Waals surface area contributed by atoms with E-state index in [-0.39, 0.29) is 11.9 Å². The van der Waals surface area contributed by atoms with Crippen LogP contribution in [0.2, 0.25) is 5.02 Å². The van der Waals surface area contributed by atoms with Gasteiger partial charge in [-0.15, -0.1) is 0 Å². The van der Waals surface area contributed by atoms with Crippen molar-refractivity contribution in [2.45, 2.75) is 57.1 Å². The lowest BCUT2D eigenvalue weighted by molar-refractivity contribution is -0.0696. The van der Waals surface area contributed by atoms with Gasteiger partial charge in [0.2, 0.25) is 0 Å². The minimum atomic E-state index is -0.414. The van der Waals surface area contributed by atoms with Crippen LogP contribution in [0.5, 0.6) is 0 Å². The van der Waals surface area contributed by atoms with E-state index < -0.39 is 5.60 Å². The zero-order valence-electron chi connectivity index (χ0n) is 12.0. The molecule has 2 N–H and O–H groups in total. The van der Waals surface area contributed by atoms with Crippen molar-refractivity contribution in [3.8, 4) is 0 Å². The van der Waals surface area contributed by atoms with Crippen LogP contribution in [0.25, 0.3) is 0 Å². The molecule has 1 aromatic rings. The smallest absolute Gasteiger partial charge is 0.123 e. The molecule has 1 atom stereocenters. The molecule has 0 aliphatic heterocycles. The normalized spacial score (nSPS) is 20.4. The average molecular weight is 300 g/mol. The van der Waals surface area contributed by atoms with Gasteiger partial charge >= 0.3 is 0 Å². The van der Waals surface area contributed by atoms with Gasteiger partial charge < -0.3 is 10.5 Å². The second-order valence-electron chi connectivity index (χ2n) is 5.56. The van der Waals surface area contributed by atoms with Crippen molar-refractivity contribution in [1.82, 2.24) is 0 Å². The standard InChI is InChI=1S/C16H23ClFNO/c1-2-20-16(9-5-3-4-6-10-16)15(19)13-11-12(18)7-8-14(13)17/h7-8,11,15H,2-6,9-10,19H2,1H3. The third-order valence-corrected chi connectivity index (χ3v) is 4.59. The number of ether oxygens (including phenoxy) is 1. The Hall–Kier alpha value is -0.640. The molecule has 1 saturated carbocycles. The van der Waals surface area contributed by atoms with Crippen molar-refractivity contribution in [3.63, 3.8) is 0 Å². The molecule has 20 heavy (non-hydrogen) atoms. The Labute approximate surface area is 125 Å². The summed E-state index contributed by atoms with van der Waals surface area (Å²) in [7, 11) is 0. The summed E-state index contributed by atoms with van der Waals surface area (Å²) in [5.74, 6) is -0.305. The molecule has 0 heterocycles. The van der Waals surface area contributed by atoms with E-state index in [0.717, 1.165) is 25.7 Å². The van der Waals surface area contributed by atoms with E-state index in [4.69, 9.17) is 22.1 Å². The van der Waals surface area contributed by atoms with Gasteiger partial charge in [-0.05, 0) is 43.5 Å². The monoisotopic (exact) mass is 299 g/mol. The Bertz CT molecular complexity index is 444. The number of hydrogen-bond acceptors (Lipinski definition) is 2. The van der Waals surface area contributed by atoms with Crippen molar-refractivity contribution in [1.29, 1.82) is 0 Å². The molecule has 1 aliphatic carbocycles. The highest BCUT2D eigenvalue weighted by molar-refractivity contribution is 6.31. The van der Waals surface area contributed by atoms with Gasteiger partial charge in [-0.2, -0.15) is 0 Å². The molecule has 4 heteroatoms. The molecular formula is C16H23ClFNO. The minimum absolute atomic E-state index is 0.305. The van der Waals surface area contributed by atoms with Crippen LogP contribution < -0.4 is 5.73 Å². The highest BCUT2D eigenvalue weighted by atomic mass is 35.5. The third kappa shape index (κ3) is 3.33. The van der Waals surface area contributed by atoms with E-state index in [2.05, 4.69) is 0 Å². The summed E-state index contributed by atoms with van der Waals surface area (Å²) in [6, 6.07) is 3.99. The van der Waals surface area contributed by atoms with Crippen LogP contribution in [0.1, 0.15) is 57.1 Å². The lowest BCUT2D eigenvalue weighted by Crippen LogP contribution is -2.43. The van der Waals surface area contributed by atoms with Gasteiger partial charge in [0.1, 0.15) is 5.82 Å². The van der Waals surface area contributed by atoms with Gasteiger partial charge in [0.05, 0.1) is 11.6 Å². The maximum atomic E-state index is 13.5. The summed E-state index contributed by atoms with van der Waals surface area (Å²) in [6.45, 7) is 2.59. The third-order valence-electron chi connectivity index (χ3n) is 4.24. The Kier molecular flexibility index (Phi) is 5.42. The highest BCUT2D eigenvalue weighted by Gasteiger charge is 2.39. The summed E-state index contributed by atoms with van der Waals surface area (Å²) in [5, 5.41) is 0.516. The predicted octanol–water partition coefficient (Wildman–Crippen LogP) is 4.61. The first kappa shape index (κ1) is 15.7. The summed E-state index contributed by atoms with van der Waals surface area (Å²) in [5.41, 5.74) is 6.69. The Morgan fingerprint density at radius 2 is 1.95 bits per heavy atom. The quantitative estimate of drug-likeness (QED) is 0.824. The molecule has 2 nitrogen and oxygen atoms in total. The van der Waals surface area contributed by atoms with Crippen LogP contribution >= 0.6 is 11.6 Å². The lowest BCUT2D eigenvalue weighted by atomic mass is 9.82. The van der Waals surface area contributed by atoms with Crippen LogP contribution in [-0.4, -0.2) is 12.2 Å². The summed E-state index contributed by atoms with van der Waals surface area (Å²) >= 11 is 6.21. The van der Waals surface area contributed by atoms with Gasteiger partial charge in [-0.25, -0.2) is 4.39 Å². The zero-order chi connectivity index (χ0) is 14.6. The zero-order valence-corrected chi connectivity index (χ0v) is 12.8. The first-order chi connectivity index (χ1) is 9.59. The second kappa shape index (κ2) is 6.88. The van der Waals surface area contributed by atoms with Crippen molar-refractivity contribution in [2.75, 3.05) is 6.61 Å². The molecule has 2 rings (SSSR count). The number of halogens is 2. The van der Waals surface area contributed by atoms with Crippen LogP contribution in [0.3, 0.4) is 0 Å². The largest absolute Gasteiger partial charge is 0.373 e.